The Kier molecular flexibility index (Phi) is 3.69. The molecule has 0 aromatic heterocycles. The lowest BCUT2D eigenvalue weighted by molar-refractivity contribution is -0.178. The van der Waals surface area contributed by atoms with Gasteiger partial charge in [0.2, 0.25) is 0 Å². The third kappa shape index (κ3) is 3.29. The summed E-state index contributed by atoms with van der Waals surface area (Å²) < 4.78 is 12.9. The molecule has 1 heterocycles. The standard InChI is InChI=1S/C12H16FNO/c13-12-6-4-5-11(9-12)10-15-14-7-2-1-3-8-14/h4-6,9H,1-3,7-8,10H2. The summed E-state index contributed by atoms with van der Waals surface area (Å²) in [4.78, 5) is 5.59. The van der Waals surface area contributed by atoms with Crippen molar-refractivity contribution in [2.24, 2.45) is 0 Å². The predicted molar refractivity (Wildman–Crippen MR) is 56.6 cm³/mol. The van der Waals surface area contributed by atoms with Gasteiger partial charge in [-0.3, -0.25) is 4.84 Å². The van der Waals surface area contributed by atoms with Crippen LogP contribution in [0.15, 0.2) is 24.3 Å². The van der Waals surface area contributed by atoms with Crippen LogP contribution in [0.5, 0.6) is 0 Å². The topological polar surface area (TPSA) is 12.5 Å². The fraction of sp³-hybridized carbons (Fsp3) is 0.500. The summed E-state index contributed by atoms with van der Waals surface area (Å²) in [7, 11) is 0. The van der Waals surface area contributed by atoms with Crippen LogP contribution in [0.1, 0.15) is 24.8 Å². The Balaban J connectivity index is 1.81. The molecule has 1 aliphatic rings. The predicted octanol–water partition coefficient (Wildman–Crippen LogP) is 2.74. The van der Waals surface area contributed by atoms with Crippen molar-refractivity contribution < 1.29 is 9.23 Å². The minimum Gasteiger partial charge on any atom is -0.294 e. The zero-order chi connectivity index (χ0) is 10.5. The first kappa shape index (κ1) is 10.6. The highest BCUT2D eigenvalue weighted by molar-refractivity contribution is 5.15. The van der Waals surface area contributed by atoms with Crippen molar-refractivity contribution in [2.45, 2.75) is 25.9 Å². The van der Waals surface area contributed by atoms with Crippen LogP contribution in [0, 0.1) is 5.82 Å². The van der Waals surface area contributed by atoms with Crippen LogP contribution in [0.4, 0.5) is 4.39 Å². The fourth-order valence-electron chi connectivity index (χ4n) is 1.79. The average Bonchev–Trinajstić information content (AvgIpc) is 2.28. The number of nitrogens with zero attached hydrogens (tertiary/aromatic N) is 1. The highest BCUT2D eigenvalue weighted by atomic mass is 19.1. The van der Waals surface area contributed by atoms with Gasteiger partial charge in [0.15, 0.2) is 0 Å². The maximum absolute atomic E-state index is 12.9. The molecular weight excluding hydrogens is 193 g/mol. The minimum atomic E-state index is -0.199. The Morgan fingerprint density at radius 1 is 1.20 bits per heavy atom. The molecule has 0 amide bonds. The Labute approximate surface area is 89.6 Å². The summed E-state index contributed by atoms with van der Waals surface area (Å²) in [6, 6.07) is 6.56. The van der Waals surface area contributed by atoms with Crippen molar-refractivity contribution in [1.29, 1.82) is 0 Å². The van der Waals surface area contributed by atoms with Crippen molar-refractivity contribution >= 4 is 0 Å². The van der Waals surface area contributed by atoms with E-state index in [0.29, 0.717) is 6.61 Å². The molecule has 0 N–H and O–H groups in total. The molecule has 0 bridgehead atoms. The summed E-state index contributed by atoms with van der Waals surface area (Å²) in [6.07, 6.45) is 3.69. The molecule has 1 saturated heterocycles. The van der Waals surface area contributed by atoms with Gasteiger partial charge in [0.1, 0.15) is 5.82 Å². The van der Waals surface area contributed by atoms with E-state index < -0.39 is 0 Å². The van der Waals surface area contributed by atoms with E-state index in [0.717, 1.165) is 18.7 Å². The molecule has 0 aliphatic carbocycles. The molecule has 1 aromatic carbocycles. The molecule has 3 heteroatoms. The summed E-state index contributed by atoms with van der Waals surface area (Å²) in [5.74, 6) is -0.199. The van der Waals surface area contributed by atoms with Gasteiger partial charge >= 0.3 is 0 Å². The highest BCUT2D eigenvalue weighted by Gasteiger charge is 2.10. The highest BCUT2D eigenvalue weighted by Crippen LogP contribution is 2.11. The van der Waals surface area contributed by atoms with Gasteiger partial charge in [-0.15, -0.1) is 0 Å². The Morgan fingerprint density at radius 3 is 2.73 bits per heavy atom. The average molecular weight is 209 g/mol. The quantitative estimate of drug-likeness (QED) is 0.759. The Hall–Kier alpha value is -0.930. The van der Waals surface area contributed by atoms with Crippen LogP contribution >= 0.6 is 0 Å². The molecule has 1 aliphatic heterocycles. The molecule has 82 valence electrons. The normalized spacial score (nSPS) is 17.9. The van der Waals surface area contributed by atoms with Crippen LogP contribution < -0.4 is 0 Å². The van der Waals surface area contributed by atoms with Crippen LogP contribution in [-0.2, 0) is 11.4 Å². The van der Waals surface area contributed by atoms with Crippen molar-refractivity contribution in [1.82, 2.24) is 5.06 Å². The molecule has 15 heavy (non-hydrogen) atoms. The van der Waals surface area contributed by atoms with Crippen LogP contribution in [0.3, 0.4) is 0 Å². The summed E-state index contributed by atoms with van der Waals surface area (Å²) in [6.45, 7) is 2.46. The maximum atomic E-state index is 12.9. The SMILES string of the molecule is Fc1cccc(CON2CCCCC2)c1. The number of hydroxylamine groups is 2. The van der Waals surface area contributed by atoms with Crippen LogP contribution in [-0.4, -0.2) is 18.2 Å². The smallest absolute Gasteiger partial charge is 0.123 e. The van der Waals surface area contributed by atoms with Gasteiger partial charge < -0.3 is 0 Å². The fourth-order valence-corrected chi connectivity index (χ4v) is 1.79. The lowest BCUT2D eigenvalue weighted by Gasteiger charge is -2.25. The van der Waals surface area contributed by atoms with E-state index in [-0.39, 0.29) is 5.82 Å². The minimum absolute atomic E-state index is 0.199. The summed E-state index contributed by atoms with van der Waals surface area (Å²) >= 11 is 0. The van der Waals surface area contributed by atoms with Gasteiger partial charge in [-0.25, -0.2) is 4.39 Å². The van der Waals surface area contributed by atoms with Gasteiger partial charge in [-0.2, -0.15) is 5.06 Å². The molecule has 0 spiro atoms. The van der Waals surface area contributed by atoms with Crippen molar-refractivity contribution in [2.75, 3.05) is 13.1 Å². The van der Waals surface area contributed by atoms with Gasteiger partial charge in [0.05, 0.1) is 6.61 Å². The number of hydrogen-bond donors (Lipinski definition) is 0. The summed E-state index contributed by atoms with van der Waals surface area (Å²) in [5, 5.41) is 1.98. The third-order valence-electron chi connectivity index (χ3n) is 2.62. The van der Waals surface area contributed by atoms with Crippen molar-refractivity contribution in [3.8, 4) is 0 Å². The van der Waals surface area contributed by atoms with Gasteiger partial charge in [0.25, 0.3) is 0 Å². The first-order valence-electron chi connectivity index (χ1n) is 5.47. The second-order valence-electron chi connectivity index (χ2n) is 3.89. The largest absolute Gasteiger partial charge is 0.294 e. The van der Waals surface area contributed by atoms with Gasteiger partial charge in [-0.05, 0) is 30.5 Å². The van der Waals surface area contributed by atoms with Gasteiger partial charge in [0, 0.05) is 13.1 Å². The van der Waals surface area contributed by atoms with Crippen molar-refractivity contribution in [3.63, 3.8) is 0 Å². The lowest BCUT2D eigenvalue weighted by Crippen LogP contribution is -2.29. The Bertz CT molecular complexity index is 310. The van der Waals surface area contributed by atoms with E-state index in [1.807, 2.05) is 11.1 Å². The second kappa shape index (κ2) is 5.24. The van der Waals surface area contributed by atoms with E-state index >= 15 is 0 Å². The number of hydrogen-bond acceptors (Lipinski definition) is 2. The first-order valence-corrected chi connectivity index (χ1v) is 5.47. The maximum Gasteiger partial charge on any atom is 0.123 e. The number of rotatable bonds is 3. The Morgan fingerprint density at radius 2 is 2.00 bits per heavy atom. The zero-order valence-corrected chi connectivity index (χ0v) is 8.79. The number of benzene rings is 1. The second-order valence-corrected chi connectivity index (χ2v) is 3.89. The molecule has 0 unspecified atom stereocenters. The van der Waals surface area contributed by atoms with E-state index in [9.17, 15) is 4.39 Å². The monoisotopic (exact) mass is 209 g/mol. The van der Waals surface area contributed by atoms with Crippen molar-refractivity contribution in [3.05, 3.63) is 35.6 Å². The van der Waals surface area contributed by atoms with E-state index in [1.165, 1.54) is 31.4 Å². The van der Waals surface area contributed by atoms with E-state index in [1.54, 1.807) is 6.07 Å². The zero-order valence-electron chi connectivity index (χ0n) is 8.79. The number of piperidine rings is 1. The molecule has 2 rings (SSSR count). The van der Waals surface area contributed by atoms with Crippen LogP contribution in [0.25, 0.3) is 0 Å². The van der Waals surface area contributed by atoms with E-state index in [2.05, 4.69) is 0 Å². The molecule has 0 radical (unpaired) electrons. The van der Waals surface area contributed by atoms with E-state index in [4.69, 9.17) is 4.84 Å². The first-order chi connectivity index (χ1) is 7.34. The number of halogens is 1. The molecule has 2 nitrogen and oxygen atoms in total. The van der Waals surface area contributed by atoms with Gasteiger partial charge in [-0.1, -0.05) is 18.6 Å². The molecule has 0 atom stereocenters. The molecular formula is C12H16FNO. The molecule has 1 aromatic rings. The summed E-state index contributed by atoms with van der Waals surface area (Å²) in [5.41, 5.74) is 0.889. The molecule has 0 saturated carbocycles. The third-order valence-corrected chi connectivity index (χ3v) is 2.62. The lowest BCUT2D eigenvalue weighted by atomic mass is 10.2. The molecule has 1 fully saturated rings. The van der Waals surface area contributed by atoms with Crippen LogP contribution in [0.2, 0.25) is 0 Å².